The van der Waals surface area contributed by atoms with Gasteiger partial charge in [0.1, 0.15) is 0 Å². The molecular weight excluding hydrogens is 283 g/mol. The standard InChI is InChI=1S/C13H17FN2O3S/c14-15-13(17)10-5-4-8-12(9-10)20(18,19)16-11-6-2-1-3-7-11/h4-5,8-9,11,16H,1-3,6-7H2,(H,15,17). The molecule has 0 saturated heterocycles. The molecule has 2 N–H and O–H groups in total. The normalized spacial score (nSPS) is 16.9. The van der Waals surface area contributed by atoms with E-state index in [1.165, 1.54) is 24.3 Å². The molecule has 1 aliphatic rings. The van der Waals surface area contributed by atoms with Gasteiger partial charge in [-0.25, -0.2) is 13.1 Å². The minimum atomic E-state index is -3.68. The molecule has 1 saturated carbocycles. The third-order valence-corrected chi connectivity index (χ3v) is 4.94. The zero-order chi connectivity index (χ0) is 14.6. The van der Waals surface area contributed by atoms with Crippen LogP contribution in [-0.2, 0) is 10.0 Å². The molecule has 0 aliphatic heterocycles. The number of carbonyl (C=O) groups is 1. The molecule has 1 aliphatic carbocycles. The number of hydrogen-bond donors (Lipinski definition) is 2. The van der Waals surface area contributed by atoms with Crippen LogP contribution in [0.2, 0.25) is 0 Å². The molecule has 1 aromatic rings. The summed E-state index contributed by atoms with van der Waals surface area (Å²) in [5.41, 5.74) is 0.958. The lowest BCUT2D eigenvalue weighted by Crippen LogP contribution is -2.36. The van der Waals surface area contributed by atoms with Gasteiger partial charge in [-0.1, -0.05) is 29.8 Å². The molecule has 0 spiro atoms. The highest BCUT2D eigenvalue weighted by molar-refractivity contribution is 7.89. The highest BCUT2D eigenvalue weighted by Crippen LogP contribution is 2.20. The Morgan fingerprint density at radius 1 is 1.20 bits per heavy atom. The number of hydrogen-bond acceptors (Lipinski definition) is 3. The van der Waals surface area contributed by atoms with Gasteiger partial charge in [0.15, 0.2) is 0 Å². The first kappa shape index (κ1) is 14.9. The van der Waals surface area contributed by atoms with Gasteiger partial charge in [-0.05, 0) is 31.0 Å². The highest BCUT2D eigenvalue weighted by Gasteiger charge is 2.22. The van der Waals surface area contributed by atoms with Crippen LogP contribution in [0.1, 0.15) is 42.5 Å². The Balaban J connectivity index is 2.18. The van der Waals surface area contributed by atoms with E-state index in [2.05, 4.69) is 4.72 Å². The Labute approximate surface area is 117 Å². The first-order valence-corrected chi connectivity index (χ1v) is 8.04. The van der Waals surface area contributed by atoms with Crippen LogP contribution in [0.15, 0.2) is 29.2 Å². The second kappa shape index (κ2) is 6.32. The number of rotatable bonds is 4. The third kappa shape index (κ3) is 3.55. The summed E-state index contributed by atoms with van der Waals surface area (Å²) < 4.78 is 39.2. The first-order chi connectivity index (χ1) is 9.53. The fraction of sp³-hybridized carbons (Fsp3) is 0.462. The third-order valence-electron chi connectivity index (χ3n) is 3.42. The summed E-state index contributed by atoms with van der Waals surface area (Å²) in [5.74, 6) is -0.959. The van der Waals surface area contributed by atoms with Crippen molar-refractivity contribution in [2.75, 3.05) is 0 Å². The lowest BCUT2D eigenvalue weighted by atomic mass is 9.96. The highest BCUT2D eigenvalue weighted by atomic mass is 32.2. The number of sulfonamides is 1. The molecule has 5 nitrogen and oxygen atoms in total. The van der Waals surface area contributed by atoms with Gasteiger partial charge in [0.05, 0.1) is 4.90 Å². The van der Waals surface area contributed by atoms with Crippen molar-refractivity contribution in [3.05, 3.63) is 29.8 Å². The molecule has 0 bridgehead atoms. The van der Waals surface area contributed by atoms with E-state index in [9.17, 15) is 17.7 Å². The molecule has 2 rings (SSSR count). The zero-order valence-electron chi connectivity index (χ0n) is 10.9. The predicted octanol–water partition coefficient (Wildman–Crippen LogP) is 1.91. The van der Waals surface area contributed by atoms with Crippen LogP contribution in [-0.4, -0.2) is 20.4 Å². The number of halogens is 1. The summed E-state index contributed by atoms with van der Waals surface area (Å²) in [7, 11) is -3.68. The Morgan fingerprint density at radius 3 is 2.55 bits per heavy atom. The molecule has 1 fully saturated rings. The van der Waals surface area contributed by atoms with Crippen LogP contribution in [0.4, 0.5) is 4.48 Å². The van der Waals surface area contributed by atoms with Gasteiger partial charge in [0, 0.05) is 11.6 Å². The number of carbonyl (C=O) groups excluding carboxylic acids is 1. The van der Waals surface area contributed by atoms with Crippen molar-refractivity contribution in [2.45, 2.75) is 43.0 Å². The average molecular weight is 300 g/mol. The first-order valence-electron chi connectivity index (χ1n) is 6.56. The molecule has 20 heavy (non-hydrogen) atoms. The van der Waals surface area contributed by atoms with Crippen molar-refractivity contribution in [1.82, 2.24) is 10.3 Å². The van der Waals surface area contributed by atoms with Gasteiger partial charge in [-0.3, -0.25) is 4.79 Å². The van der Waals surface area contributed by atoms with E-state index in [-0.39, 0.29) is 16.5 Å². The van der Waals surface area contributed by atoms with Crippen LogP contribution in [0.25, 0.3) is 0 Å². The number of benzene rings is 1. The lowest BCUT2D eigenvalue weighted by Gasteiger charge is -2.22. The molecule has 7 heteroatoms. The summed E-state index contributed by atoms with van der Waals surface area (Å²) in [6.07, 6.45) is 4.80. The molecule has 0 unspecified atom stereocenters. The van der Waals surface area contributed by atoms with Gasteiger partial charge < -0.3 is 0 Å². The van der Waals surface area contributed by atoms with Gasteiger partial charge in [0.25, 0.3) is 5.91 Å². The average Bonchev–Trinajstić information content (AvgIpc) is 2.47. The quantitative estimate of drug-likeness (QED) is 0.834. The minimum absolute atomic E-state index is 0.0239. The van der Waals surface area contributed by atoms with Crippen LogP contribution >= 0.6 is 0 Å². The molecule has 0 atom stereocenters. The van der Waals surface area contributed by atoms with Gasteiger partial charge in [-0.2, -0.15) is 5.54 Å². The maximum atomic E-state index is 12.2. The fourth-order valence-electron chi connectivity index (χ4n) is 2.37. The summed E-state index contributed by atoms with van der Waals surface area (Å²) in [6, 6.07) is 5.27. The van der Waals surface area contributed by atoms with Crippen LogP contribution in [0, 0.1) is 0 Å². The maximum absolute atomic E-state index is 12.2. The SMILES string of the molecule is O=C(NF)c1cccc(S(=O)(=O)NC2CCCCC2)c1. The zero-order valence-corrected chi connectivity index (χ0v) is 11.7. The molecule has 0 radical (unpaired) electrons. The van der Waals surface area contributed by atoms with Crippen molar-refractivity contribution in [2.24, 2.45) is 0 Å². The minimum Gasteiger partial charge on any atom is -0.267 e. The van der Waals surface area contributed by atoms with E-state index in [1.54, 1.807) is 0 Å². The monoisotopic (exact) mass is 300 g/mol. The second-order valence-corrected chi connectivity index (χ2v) is 6.62. The fourth-order valence-corrected chi connectivity index (χ4v) is 3.72. The topological polar surface area (TPSA) is 75.3 Å². The predicted molar refractivity (Wildman–Crippen MR) is 72.2 cm³/mol. The van der Waals surface area contributed by atoms with E-state index in [1.807, 2.05) is 0 Å². The van der Waals surface area contributed by atoms with E-state index in [0.29, 0.717) is 0 Å². The smallest absolute Gasteiger partial charge is 0.267 e. The summed E-state index contributed by atoms with van der Waals surface area (Å²) in [5, 5.41) is 0. The Bertz CT molecular complexity index is 583. The van der Waals surface area contributed by atoms with Crippen molar-refractivity contribution in [1.29, 1.82) is 0 Å². The van der Waals surface area contributed by atoms with E-state index >= 15 is 0 Å². The summed E-state index contributed by atoms with van der Waals surface area (Å²) >= 11 is 0. The number of amides is 1. The molecule has 1 amide bonds. The van der Waals surface area contributed by atoms with E-state index in [4.69, 9.17) is 0 Å². The van der Waals surface area contributed by atoms with Gasteiger partial charge in [0.2, 0.25) is 10.0 Å². The summed E-state index contributed by atoms with van der Waals surface area (Å²) in [6.45, 7) is 0. The Morgan fingerprint density at radius 2 is 1.90 bits per heavy atom. The largest absolute Gasteiger partial charge is 0.278 e. The Kier molecular flexibility index (Phi) is 4.72. The summed E-state index contributed by atoms with van der Waals surface area (Å²) in [4.78, 5) is 11.2. The molecular formula is C13H17FN2O3S. The second-order valence-electron chi connectivity index (χ2n) is 4.91. The van der Waals surface area contributed by atoms with Crippen LogP contribution in [0.3, 0.4) is 0 Å². The number of nitrogens with one attached hydrogen (secondary N) is 2. The molecule has 0 aromatic heterocycles. The van der Waals surface area contributed by atoms with Crippen molar-refractivity contribution < 1.29 is 17.7 Å². The molecule has 0 heterocycles. The Hall–Kier alpha value is -1.47. The maximum Gasteiger partial charge on any atom is 0.278 e. The van der Waals surface area contributed by atoms with Gasteiger partial charge in [-0.15, -0.1) is 0 Å². The van der Waals surface area contributed by atoms with Gasteiger partial charge >= 0.3 is 0 Å². The molecule has 1 aromatic carbocycles. The van der Waals surface area contributed by atoms with E-state index < -0.39 is 15.9 Å². The van der Waals surface area contributed by atoms with E-state index in [0.717, 1.165) is 37.6 Å². The van der Waals surface area contributed by atoms with Crippen molar-refractivity contribution in [3.8, 4) is 0 Å². The van der Waals surface area contributed by atoms with Crippen LogP contribution in [0.5, 0.6) is 0 Å². The van der Waals surface area contributed by atoms with Crippen molar-refractivity contribution >= 4 is 15.9 Å². The molecule has 110 valence electrons. The van der Waals surface area contributed by atoms with Crippen molar-refractivity contribution in [3.63, 3.8) is 0 Å². The lowest BCUT2D eigenvalue weighted by molar-refractivity contribution is 0.0859. The van der Waals surface area contributed by atoms with Crippen LogP contribution < -0.4 is 10.3 Å².